The molecule has 2 aliphatic carbocycles. The number of amides is 2. The second-order valence-corrected chi connectivity index (χ2v) is 7.51. The summed E-state index contributed by atoms with van der Waals surface area (Å²) < 4.78 is 0. The molecular formula is C15H24N2O2. The SMILES string of the molecule is CC1C(=O)NCC(=O)N1C1C2(C)CCC(C2)C1(C)C. The lowest BCUT2D eigenvalue weighted by molar-refractivity contribution is -0.154. The maximum absolute atomic E-state index is 12.4. The van der Waals surface area contributed by atoms with Crippen LogP contribution in [0.5, 0.6) is 0 Å². The lowest BCUT2D eigenvalue weighted by Crippen LogP contribution is -2.65. The first kappa shape index (κ1) is 12.9. The molecule has 0 aromatic rings. The second kappa shape index (κ2) is 3.74. The van der Waals surface area contributed by atoms with Crippen LogP contribution < -0.4 is 5.32 Å². The summed E-state index contributed by atoms with van der Waals surface area (Å²) in [6.45, 7) is 8.88. The van der Waals surface area contributed by atoms with Crippen LogP contribution in [0.3, 0.4) is 0 Å². The van der Waals surface area contributed by atoms with Crippen molar-refractivity contribution in [3.63, 3.8) is 0 Å². The van der Waals surface area contributed by atoms with Gasteiger partial charge >= 0.3 is 0 Å². The van der Waals surface area contributed by atoms with Gasteiger partial charge in [-0.25, -0.2) is 0 Å². The van der Waals surface area contributed by atoms with Gasteiger partial charge in [0, 0.05) is 6.04 Å². The molecule has 4 unspecified atom stereocenters. The Morgan fingerprint density at radius 3 is 2.53 bits per heavy atom. The zero-order valence-electron chi connectivity index (χ0n) is 12.3. The molecule has 4 nitrogen and oxygen atoms in total. The maximum atomic E-state index is 12.4. The summed E-state index contributed by atoms with van der Waals surface area (Å²) in [5.41, 5.74) is 0.310. The number of rotatable bonds is 1. The van der Waals surface area contributed by atoms with Gasteiger partial charge in [0.1, 0.15) is 6.04 Å². The zero-order valence-corrected chi connectivity index (χ0v) is 12.3. The van der Waals surface area contributed by atoms with E-state index in [9.17, 15) is 9.59 Å². The average Bonchev–Trinajstić information content (AvgIpc) is 2.80. The van der Waals surface area contributed by atoms with Gasteiger partial charge in [0.05, 0.1) is 6.54 Å². The van der Waals surface area contributed by atoms with E-state index in [1.54, 1.807) is 0 Å². The molecule has 4 heteroatoms. The van der Waals surface area contributed by atoms with Crippen LogP contribution in [-0.4, -0.2) is 35.3 Å². The van der Waals surface area contributed by atoms with Gasteiger partial charge in [0.15, 0.2) is 0 Å². The predicted molar refractivity (Wildman–Crippen MR) is 72.3 cm³/mol. The largest absolute Gasteiger partial charge is 0.345 e. The van der Waals surface area contributed by atoms with Crippen molar-refractivity contribution in [1.82, 2.24) is 10.2 Å². The minimum atomic E-state index is -0.332. The summed E-state index contributed by atoms with van der Waals surface area (Å²) in [5.74, 6) is 0.758. The molecule has 1 saturated heterocycles. The Morgan fingerprint density at radius 2 is 1.95 bits per heavy atom. The van der Waals surface area contributed by atoms with E-state index < -0.39 is 0 Å². The van der Waals surface area contributed by atoms with Gasteiger partial charge in [-0.1, -0.05) is 20.8 Å². The quantitative estimate of drug-likeness (QED) is 0.781. The van der Waals surface area contributed by atoms with Crippen molar-refractivity contribution >= 4 is 11.8 Å². The standard InChI is InChI=1S/C15H24N2O2/c1-9-12(19)16-8-11(18)17(9)13-14(2,3)10-5-6-15(13,4)7-10/h9-10,13H,5-8H2,1-4H3,(H,16,19). The van der Waals surface area contributed by atoms with Gasteiger partial charge in [-0.15, -0.1) is 0 Å². The highest BCUT2D eigenvalue weighted by molar-refractivity contribution is 5.94. The van der Waals surface area contributed by atoms with Crippen molar-refractivity contribution < 1.29 is 9.59 Å². The molecule has 19 heavy (non-hydrogen) atoms. The third-order valence-corrected chi connectivity index (χ3v) is 5.97. The van der Waals surface area contributed by atoms with Crippen LogP contribution in [0.1, 0.15) is 47.0 Å². The molecule has 2 amide bonds. The van der Waals surface area contributed by atoms with Crippen LogP contribution in [0.4, 0.5) is 0 Å². The molecule has 1 N–H and O–H groups in total. The maximum Gasteiger partial charge on any atom is 0.242 e. The molecule has 0 aromatic carbocycles. The number of hydrogen-bond donors (Lipinski definition) is 1. The van der Waals surface area contributed by atoms with E-state index >= 15 is 0 Å². The van der Waals surface area contributed by atoms with Crippen molar-refractivity contribution in [3.05, 3.63) is 0 Å². The van der Waals surface area contributed by atoms with Crippen molar-refractivity contribution in [1.29, 1.82) is 0 Å². The normalized spacial score (nSPS) is 44.6. The third-order valence-electron chi connectivity index (χ3n) is 5.97. The first-order valence-corrected chi connectivity index (χ1v) is 7.36. The van der Waals surface area contributed by atoms with Crippen LogP contribution in [-0.2, 0) is 9.59 Å². The number of hydrogen-bond acceptors (Lipinski definition) is 2. The van der Waals surface area contributed by atoms with Crippen molar-refractivity contribution in [2.24, 2.45) is 16.7 Å². The molecule has 4 atom stereocenters. The molecule has 0 radical (unpaired) electrons. The molecule has 3 fully saturated rings. The average molecular weight is 264 g/mol. The lowest BCUT2D eigenvalue weighted by atomic mass is 9.67. The second-order valence-electron chi connectivity index (χ2n) is 7.51. The van der Waals surface area contributed by atoms with E-state index in [0.717, 1.165) is 0 Å². The number of carbonyl (C=O) groups is 2. The number of nitrogens with one attached hydrogen (secondary N) is 1. The Balaban J connectivity index is 2.00. The van der Waals surface area contributed by atoms with Gasteiger partial charge in [-0.2, -0.15) is 0 Å². The van der Waals surface area contributed by atoms with E-state index in [-0.39, 0.29) is 41.3 Å². The molecular weight excluding hydrogens is 240 g/mol. The van der Waals surface area contributed by atoms with Gasteiger partial charge in [0.2, 0.25) is 11.8 Å². The zero-order chi connectivity index (χ0) is 14.0. The smallest absolute Gasteiger partial charge is 0.242 e. The lowest BCUT2D eigenvalue weighted by Gasteiger charge is -2.51. The number of piperazine rings is 1. The number of fused-ring (bicyclic) bond motifs is 2. The summed E-state index contributed by atoms with van der Waals surface area (Å²) in [6.07, 6.45) is 3.65. The van der Waals surface area contributed by atoms with E-state index in [4.69, 9.17) is 0 Å². The van der Waals surface area contributed by atoms with E-state index in [0.29, 0.717) is 5.92 Å². The molecule has 3 rings (SSSR count). The Kier molecular flexibility index (Phi) is 2.55. The molecule has 1 aliphatic heterocycles. The predicted octanol–water partition coefficient (Wildman–Crippen LogP) is 1.55. The van der Waals surface area contributed by atoms with Gasteiger partial charge < -0.3 is 10.2 Å². The Morgan fingerprint density at radius 1 is 1.26 bits per heavy atom. The Hall–Kier alpha value is -1.06. The minimum Gasteiger partial charge on any atom is -0.345 e. The van der Waals surface area contributed by atoms with Gasteiger partial charge in [-0.05, 0) is 42.9 Å². The fourth-order valence-corrected chi connectivity index (χ4v) is 5.08. The third kappa shape index (κ3) is 1.58. The fraction of sp³-hybridized carbons (Fsp3) is 0.867. The van der Waals surface area contributed by atoms with Gasteiger partial charge in [0.25, 0.3) is 0 Å². The number of carbonyl (C=O) groups excluding carboxylic acids is 2. The molecule has 106 valence electrons. The van der Waals surface area contributed by atoms with Crippen LogP contribution in [0, 0.1) is 16.7 Å². The molecule has 0 spiro atoms. The first-order valence-electron chi connectivity index (χ1n) is 7.36. The highest BCUT2D eigenvalue weighted by Gasteiger charge is 2.63. The molecule has 1 heterocycles. The van der Waals surface area contributed by atoms with Crippen molar-refractivity contribution in [2.45, 2.75) is 59.0 Å². The topological polar surface area (TPSA) is 49.4 Å². The van der Waals surface area contributed by atoms with E-state index in [1.807, 2.05) is 11.8 Å². The van der Waals surface area contributed by atoms with E-state index in [1.165, 1.54) is 19.3 Å². The van der Waals surface area contributed by atoms with Gasteiger partial charge in [-0.3, -0.25) is 9.59 Å². The van der Waals surface area contributed by atoms with E-state index in [2.05, 4.69) is 26.1 Å². The van der Waals surface area contributed by atoms with Crippen molar-refractivity contribution in [3.8, 4) is 0 Å². The summed E-state index contributed by atoms with van der Waals surface area (Å²) >= 11 is 0. The summed E-state index contributed by atoms with van der Waals surface area (Å²) in [5, 5.41) is 2.69. The minimum absolute atomic E-state index is 0.0122. The Bertz CT molecular complexity index is 441. The molecule has 2 saturated carbocycles. The fourth-order valence-electron chi connectivity index (χ4n) is 5.08. The highest BCUT2D eigenvalue weighted by atomic mass is 16.2. The van der Waals surface area contributed by atoms with Crippen molar-refractivity contribution in [2.75, 3.05) is 6.54 Å². The van der Waals surface area contributed by atoms with Crippen LogP contribution >= 0.6 is 0 Å². The molecule has 3 aliphatic rings. The number of nitrogens with zero attached hydrogens (tertiary/aromatic N) is 1. The van der Waals surface area contributed by atoms with Crippen LogP contribution in [0.15, 0.2) is 0 Å². The molecule has 0 aromatic heterocycles. The first-order chi connectivity index (χ1) is 8.77. The highest BCUT2D eigenvalue weighted by Crippen LogP contribution is 2.64. The van der Waals surface area contributed by atoms with Crippen LogP contribution in [0.25, 0.3) is 0 Å². The monoisotopic (exact) mass is 264 g/mol. The summed E-state index contributed by atoms with van der Waals surface area (Å²) in [7, 11) is 0. The summed E-state index contributed by atoms with van der Waals surface area (Å²) in [6, 6.07) is -0.131. The molecule has 2 bridgehead atoms. The van der Waals surface area contributed by atoms with Crippen LogP contribution in [0.2, 0.25) is 0 Å². The Labute approximate surface area is 114 Å². The summed E-state index contributed by atoms with van der Waals surface area (Å²) in [4.78, 5) is 26.2.